The van der Waals surface area contributed by atoms with Crippen LogP contribution in [-0.4, -0.2) is 0 Å². The third-order valence-corrected chi connectivity index (χ3v) is 2.00. The van der Waals surface area contributed by atoms with Crippen LogP contribution >= 0.6 is 12.1 Å². The van der Waals surface area contributed by atoms with E-state index in [2.05, 4.69) is 0 Å². The predicted molar refractivity (Wildman–Crippen MR) is 42.9 cm³/mol. The van der Waals surface area contributed by atoms with Gasteiger partial charge in [-0.05, 0) is 37.1 Å². The number of aryl methyl sites for hydroxylation is 2. The van der Waals surface area contributed by atoms with Crippen LogP contribution < -0.4 is 0 Å². The van der Waals surface area contributed by atoms with Crippen LogP contribution in [0.15, 0.2) is 23.1 Å². The van der Waals surface area contributed by atoms with Crippen LogP contribution in [0.5, 0.6) is 0 Å². The van der Waals surface area contributed by atoms with Crippen LogP contribution in [-0.2, 0) is 0 Å². The molecule has 1 aromatic rings. The Hall–Kier alpha value is -0.500. The zero-order valence-electron chi connectivity index (χ0n) is 6.02. The van der Waals surface area contributed by atoms with Crippen LogP contribution in [0.25, 0.3) is 0 Å². The van der Waals surface area contributed by atoms with E-state index >= 15 is 0 Å². The van der Waals surface area contributed by atoms with E-state index in [1.165, 1.54) is 5.56 Å². The number of hydrogen-bond acceptors (Lipinski definition) is 1. The van der Waals surface area contributed by atoms with Crippen molar-refractivity contribution >= 4 is 12.1 Å². The third kappa shape index (κ3) is 1.51. The van der Waals surface area contributed by atoms with E-state index in [1.807, 2.05) is 26.0 Å². The Morgan fingerprint density at radius 3 is 2.40 bits per heavy atom. The van der Waals surface area contributed by atoms with Crippen molar-refractivity contribution in [2.45, 2.75) is 18.7 Å². The van der Waals surface area contributed by atoms with Crippen molar-refractivity contribution in [2.75, 3.05) is 0 Å². The summed E-state index contributed by atoms with van der Waals surface area (Å²) < 4.78 is 12.0. The Bertz CT molecular complexity index is 233. The van der Waals surface area contributed by atoms with E-state index in [-0.39, 0.29) is 0 Å². The van der Waals surface area contributed by atoms with E-state index in [4.69, 9.17) is 0 Å². The summed E-state index contributed by atoms with van der Waals surface area (Å²) in [7, 11) is 0. The monoisotopic (exact) mass is 156 g/mol. The van der Waals surface area contributed by atoms with Gasteiger partial charge in [-0.3, -0.25) is 0 Å². The Kier molecular flexibility index (Phi) is 2.33. The number of benzene rings is 1. The standard InChI is InChI=1S/C8H9FS/c1-6-3-4-8(10-9)5-7(6)2/h3-5H,1-2H3. The molecule has 0 N–H and O–H groups in total. The first-order valence-electron chi connectivity index (χ1n) is 3.10. The molecule has 0 nitrogen and oxygen atoms in total. The predicted octanol–water partition coefficient (Wildman–Crippen LogP) is 3.28. The third-order valence-electron chi connectivity index (χ3n) is 1.57. The van der Waals surface area contributed by atoms with Crippen molar-refractivity contribution in [3.05, 3.63) is 29.3 Å². The molecule has 0 bridgehead atoms. The maximum Gasteiger partial charge on any atom is 0.0812 e. The molecule has 0 aromatic heterocycles. The van der Waals surface area contributed by atoms with Gasteiger partial charge in [0, 0.05) is 4.90 Å². The van der Waals surface area contributed by atoms with Gasteiger partial charge in [0.2, 0.25) is 0 Å². The van der Waals surface area contributed by atoms with Crippen LogP contribution in [0, 0.1) is 13.8 Å². The number of rotatable bonds is 1. The molecule has 0 amide bonds. The van der Waals surface area contributed by atoms with E-state index < -0.39 is 0 Å². The SMILES string of the molecule is Cc1ccc(SF)cc1C. The second-order valence-electron chi connectivity index (χ2n) is 2.32. The highest BCUT2D eigenvalue weighted by atomic mass is 32.2. The summed E-state index contributed by atoms with van der Waals surface area (Å²) >= 11 is 0.292. The van der Waals surface area contributed by atoms with Crippen molar-refractivity contribution in [3.63, 3.8) is 0 Å². The zero-order chi connectivity index (χ0) is 7.56. The molecule has 0 spiro atoms. The van der Waals surface area contributed by atoms with Gasteiger partial charge in [-0.25, -0.2) is 0 Å². The molecule has 10 heavy (non-hydrogen) atoms. The normalized spacial score (nSPS) is 9.90. The van der Waals surface area contributed by atoms with Crippen molar-refractivity contribution in [2.24, 2.45) is 0 Å². The molecule has 0 radical (unpaired) electrons. The molecule has 0 atom stereocenters. The fourth-order valence-corrected chi connectivity index (χ4v) is 1.10. The number of halogens is 1. The molecular weight excluding hydrogens is 147 g/mol. The Labute approximate surface area is 64.7 Å². The number of hydrogen-bond donors (Lipinski definition) is 0. The Morgan fingerprint density at radius 2 is 1.90 bits per heavy atom. The molecule has 0 aliphatic carbocycles. The zero-order valence-corrected chi connectivity index (χ0v) is 6.83. The first-order valence-corrected chi connectivity index (χ1v) is 3.81. The van der Waals surface area contributed by atoms with Gasteiger partial charge in [0.1, 0.15) is 0 Å². The topological polar surface area (TPSA) is 0 Å². The Morgan fingerprint density at radius 1 is 1.20 bits per heavy atom. The molecule has 0 saturated heterocycles. The van der Waals surface area contributed by atoms with Gasteiger partial charge in [-0.1, -0.05) is 6.07 Å². The quantitative estimate of drug-likeness (QED) is 0.601. The molecule has 0 saturated carbocycles. The molecule has 0 unspecified atom stereocenters. The highest BCUT2D eigenvalue weighted by Gasteiger charge is 1.94. The lowest BCUT2D eigenvalue weighted by Crippen LogP contribution is -1.78. The van der Waals surface area contributed by atoms with E-state index in [0.29, 0.717) is 17.0 Å². The maximum atomic E-state index is 12.0. The van der Waals surface area contributed by atoms with Crippen LogP contribution in [0.3, 0.4) is 0 Å². The molecule has 1 rings (SSSR count). The molecule has 2 heteroatoms. The van der Waals surface area contributed by atoms with E-state index in [9.17, 15) is 3.89 Å². The van der Waals surface area contributed by atoms with Crippen molar-refractivity contribution in [3.8, 4) is 0 Å². The molecule has 1 aromatic carbocycles. The lowest BCUT2D eigenvalue weighted by atomic mass is 10.1. The highest BCUT2D eigenvalue weighted by Crippen LogP contribution is 2.20. The molecule has 0 aliphatic heterocycles. The van der Waals surface area contributed by atoms with Gasteiger partial charge < -0.3 is 0 Å². The second kappa shape index (κ2) is 3.06. The summed E-state index contributed by atoms with van der Waals surface area (Å²) in [6.07, 6.45) is 0. The van der Waals surface area contributed by atoms with Crippen LogP contribution in [0.1, 0.15) is 11.1 Å². The van der Waals surface area contributed by atoms with Crippen molar-refractivity contribution < 1.29 is 3.89 Å². The van der Waals surface area contributed by atoms with Gasteiger partial charge in [-0.2, -0.15) is 3.89 Å². The van der Waals surface area contributed by atoms with Crippen LogP contribution in [0.4, 0.5) is 3.89 Å². The van der Waals surface area contributed by atoms with E-state index in [0.717, 1.165) is 5.56 Å². The minimum Gasteiger partial charge on any atom is -0.160 e. The van der Waals surface area contributed by atoms with E-state index in [1.54, 1.807) is 6.07 Å². The fourth-order valence-electron chi connectivity index (χ4n) is 0.762. The van der Waals surface area contributed by atoms with Crippen molar-refractivity contribution in [1.82, 2.24) is 0 Å². The average molecular weight is 156 g/mol. The van der Waals surface area contributed by atoms with Gasteiger partial charge in [0.05, 0.1) is 12.1 Å². The molecular formula is C8H9FS. The van der Waals surface area contributed by atoms with Gasteiger partial charge in [0.25, 0.3) is 0 Å². The largest absolute Gasteiger partial charge is 0.160 e. The maximum absolute atomic E-state index is 12.0. The van der Waals surface area contributed by atoms with Gasteiger partial charge >= 0.3 is 0 Å². The van der Waals surface area contributed by atoms with Crippen molar-refractivity contribution in [1.29, 1.82) is 0 Å². The minimum absolute atomic E-state index is 0.292. The summed E-state index contributed by atoms with van der Waals surface area (Å²) in [5, 5.41) is 0. The first kappa shape index (κ1) is 7.61. The smallest absolute Gasteiger partial charge is 0.0812 e. The molecule has 0 aliphatic rings. The summed E-state index contributed by atoms with van der Waals surface area (Å²) in [5.41, 5.74) is 2.35. The fraction of sp³-hybridized carbons (Fsp3) is 0.250. The molecule has 0 fully saturated rings. The lowest BCUT2D eigenvalue weighted by Gasteiger charge is -1.98. The minimum atomic E-state index is 0.292. The first-order chi connectivity index (χ1) is 4.74. The molecule has 0 heterocycles. The highest BCUT2D eigenvalue weighted by molar-refractivity contribution is 7.94. The summed E-state index contributed by atoms with van der Waals surface area (Å²) in [4.78, 5) is 0.683. The Balaban J connectivity index is 3.04. The average Bonchev–Trinajstić information content (AvgIpc) is 1.95. The van der Waals surface area contributed by atoms with Gasteiger partial charge in [0.15, 0.2) is 0 Å². The summed E-state index contributed by atoms with van der Waals surface area (Å²) in [5.74, 6) is 0. The summed E-state index contributed by atoms with van der Waals surface area (Å²) in [6, 6.07) is 5.56. The second-order valence-corrected chi connectivity index (χ2v) is 2.95. The van der Waals surface area contributed by atoms with Crippen LogP contribution in [0.2, 0.25) is 0 Å². The molecule has 54 valence electrons. The summed E-state index contributed by atoms with van der Waals surface area (Å²) in [6.45, 7) is 4.00. The van der Waals surface area contributed by atoms with Gasteiger partial charge in [-0.15, -0.1) is 0 Å². The lowest BCUT2D eigenvalue weighted by molar-refractivity contribution is 0.933.